The highest BCUT2D eigenvalue weighted by Gasteiger charge is 2.17. The number of halogens is 1. The minimum Gasteiger partial charge on any atom is -0.496 e. The van der Waals surface area contributed by atoms with Gasteiger partial charge < -0.3 is 49.4 Å². The molecule has 21 heteroatoms. The number of nitrogens with one attached hydrogen (secondary N) is 3. The van der Waals surface area contributed by atoms with Gasteiger partial charge in [0.1, 0.15) is 23.2 Å². The van der Waals surface area contributed by atoms with Crippen molar-refractivity contribution in [3.63, 3.8) is 0 Å². The van der Waals surface area contributed by atoms with Crippen LogP contribution in [0.5, 0.6) is 5.75 Å². The van der Waals surface area contributed by atoms with Gasteiger partial charge in [0, 0.05) is 94.0 Å². The van der Waals surface area contributed by atoms with Gasteiger partial charge in [0.05, 0.1) is 35.6 Å². The monoisotopic (exact) mass is 1680 g/mol. The lowest BCUT2D eigenvalue weighted by Crippen LogP contribution is -2.12. The van der Waals surface area contributed by atoms with Gasteiger partial charge in [-0.15, -0.1) is 0 Å². The Morgan fingerprint density at radius 1 is 0.328 bits per heavy atom. The molecule has 6 aromatic heterocycles. The van der Waals surface area contributed by atoms with Gasteiger partial charge in [-0.1, -0.05) is 206 Å². The summed E-state index contributed by atoms with van der Waals surface area (Å²) in [5.41, 5.74) is 61.2. The Hall–Kier alpha value is -14.0. The summed E-state index contributed by atoms with van der Waals surface area (Å²) in [6.07, 6.45) is 9.23. The predicted octanol–water partition coefficient (Wildman–Crippen LogP) is 22.0. The molecule has 0 saturated heterocycles. The average molecular weight is 1680 g/mol. The van der Waals surface area contributed by atoms with Crippen molar-refractivity contribution in [3.05, 3.63) is 354 Å². The molecule has 640 valence electrons. The lowest BCUT2D eigenvalue weighted by molar-refractivity contribution is 0.410. The Morgan fingerprint density at radius 3 is 1.11 bits per heavy atom. The van der Waals surface area contributed by atoms with Crippen LogP contribution in [0.15, 0.2) is 249 Å². The number of aryl methyl sites for hydroxylation is 10. The quantitative estimate of drug-likeness (QED) is 0.0250. The smallest absolute Gasteiger partial charge is 0.222 e. The Kier molecular flexibility index (Phi) is 33.2. The zero-order chi connectivity index (χ0) is 88.9. The second-order valence-corrected chi connectivity index (χ2v) is 31.9. The van der Waals surface area contributed by atoms with Crippen molar-refractivity contribution in [2.75, 3.05) is 71.4 Å². The number of benzene rings is 9. The first-order chi connectivity index (χ1) is 60.3. The van der Waals surface area contributed by atoms with Gasteiger partial charge in [0.15, 0.2) is 0 Å². The summed E-state index contributed by atoms with van der Waals surface area (Å²) in [6.45, 7) is 27.6. The molecule has 0 aliphatic carbocycles. The maximum Gasteiger partial charge on any atom is 0.222 e. The number of hydrogen-bond donors (Lipinski definition) is 8. The number of pyridine rings is 1. The molecule has 1 unspecified atom stereocenters. The van der Waals surface area contributed by atoms with Crippen LogP contribution >= 0.6 is 11.6 Å². The number of rotatable bonds is 26. The third-order valence-electron chi connectivity index (χ3n) is 22.3. The Labute approximate surface area is 742 Å². The number of para-hydroxylation sites is 1. The van der Waals surface area contributed by atoms with Crippen LogP contribution in [0.3, 0.4) is 0 Å². The van der Waals surface area contributed by atoms with E-state index in [0.717, 1.165) is 178 Å². The molecule has 13 N–H and O–H groups in total. The number of ether oxygens (including phenoxy) is 1. The molecule has 0 fully saturated rings. The summed E-state index contributed by atoms with van der Waals surface area (Å²) in [6, 6.07) is 82.1. The van der Waals surface area contributed by atoms with Crippen LogP contribution in [-0.2, 0) is 38.5 Å². The Morgan fingerprint density at radius 2 is 0.688 bits per heavy atom. The zero-order valence-electron chi connectivity index (χ0n) is 74.1. The van der Waals surface area contributed by atoms with Crippen molar-refractivity contribution >= 4 is 58.8 Å². The van der Waals surface area contributed by atoms with Crippen LogP contribution in [-0.4, -0.2) is 81.6 Å². The number of nitrogen functional groups attached to an aromatic ring is 5. The number of nitrogens with zero attached hydrogens (tertiary/aromatic N) is 11. The first-order valence-corrected chi connectivity index (χ1v) is 42.8. The van der Waals surface area contributed by atoms with Crippen LogP contribution in [0, 0.1) is 76.2 Å². The van der Waals surface area contributed by atoms with E-state index in [-0.39, 0.29) is 17.8 Å². The molecular formula is C104H116ClN19O. The van der Waals surface area contributed by atoms with Crippen LogP contribution in [0.4, 0.5) is 47.2 Å². The Bertz CT molecular complexity index is 5900. The van der Waals surface area contributed by atoms with Gasteiger partial charge >= 0.3 is 0 Å². The predicted molar refractivity (Wildman–Crippen MR) is 518 cm³/mol. The molecule has 15 rings (SSSR count). The van der Waals surface area contributed by atoms with Crippen LogP contribution < -0.4 is 49.4 Å². The van der Waals surface area contributed by atoms with Crippen molar-refractivity contribution in [2.24, 2.45) is 0 Å². The van der Waals surface area contributed by atoms with E-state index in [2.05, 4.69) is 312 Å². The largest absolute Gasteiger partial charge is 0.496 e. The summed E-state index contributed by atoms with van der Waals surface area (Å²) in [5, 5.41) is 10.9. The average Bonchev–Trinajstić information content (AvgIpc) is 0.834. The standard InChI is InChI=1S/C21H22ClN3.C21H24N4O.2C21H24N4.C20H22N4/c1-14-5-3-8-19(15(14)2)20-13-18(24-21(23)25-20)7-4-6-16-9-11-17(22)12-10-16;1-14-7-6-9-17(15(14)2)18-13-20(25-21(22)24-18)23-12-11-16-8-4-5-10-19(16)26-3;1-14-7-9-17(10-8-14)11-12-23-20-13-19(24-21(22)25-20)18-6-4-5-15(2)16(18)3;1-14-8-7-11-18(16(14)3)19-12-20(25-21(22)24-19)23-13-15(2)17-9-5-4-6-10-17;1-14-7-5-11-18(15(14)2)19-13-17(23-20(21)24-19)10-6-9-16-8-3-4-12-22-16/h3,5,8-13H,4,6-7H2,1-2H3,(H2,23,24,25);4-10,13H,11-12H2,1-3H3,(H3,22,23,24,25);4-10,13H,11-12H2,1-3H3,(H3,22,23,24,25);4-12,15H,13H2,1-3H3,(H3,22,23,24,25);3-5,7-8,11-13H,6,9-10H2,1-2H3,(H2,21,23,24). The molecule has 0 aliphatic heterocycles. The first-order valence-electron chi connectivity index (χ1n) is 42.4. The molecule has 0 saturated carbocycles. The fourth-order valence-electron chi connectivity index (χ4n) is 14.4. The molecule has 0 bridgehead atoms. The van der Waals surface area contributed by atoms with E-state index >= 15 is 0 Å². The number of nitrogens with two attached hydrogens (primary N) is 5. The number of hydrogen-bond acceptors (Lipinski definition) is 20. The minimum atomic E-state index is 0.267. The van der Waals surface area contributed by atoms with E-state index in [1.54, 1.807) is 7.11 Å². The number of anilines is 8. The van der Waals surface area contributed by atoms with Gasteiger partial charge in [-0.2, -0.15) is 15.0 Å². The number of methoxy groups -OCH3 is 1. The highest BCUT2D eigenvalue weighted by atomic mass is 35.5. The van der Waals surface area contributed by atoms with Crippen LogP contribution in [0.1, 0.15) is 126 Å². The van der Waals surface area contributed by atoms with Crippen molar-refractivity contribution in [1.29, 1.82) is 0 Å². The third kappa shape index (κ3) is 27.0. The van der Waals surface area contributed by atoms with E-state index in [9.17, 15) is 0 Å². The van der Waals surface area contributed by atoms with Crippen LogP contribution in [0.25, 0.3) is 56.3 Å². The minimum absolute atomic E-state index is 0.267. The third-order valence-corrected chi connectivity index (χ3v) is 22.6. The second-order valence-electron chi connectivity index (χ2n) is 31.4. The Balaban J connectivity index is 0.000000152. The topological polar surface area (TPSA) is 317 Å². The molecule has 0 radical (unpaired) electrons. The van der Waals surface area contributed by atoms with Crippen molar-refractivity contribution in [1.82, 2.24) is 54.8 Å². The lowest BCUT2D eigenvalue weighted by Gasteiger charge is -2.15. The molecule has 125 heavy (non-hydrogen) atoms. The van der Waals surface area contributed by atoms with Gasteiger partial charge in [0.2, 0.25) is 29.7 Å². The van der Waals surface area contributed by atoms with E-state index in [1.807, 2.05) is 91.1 Å². The van der Waals surface area contributed by atoms with E-state index in [4.69, 9.17) is 45.0 Å². The van der Waals surface area contributed by atoms with Gasteiger partial charge in [-0.05, 0) is 254 Å². The summed E-state index contributed by atoms with van der Waals surface area (Å²) < 4.78 is 5.40. The van der Waals surface area contributed by atoms with Gasteiger partial charge in [-0.25, -0.2) is 34.9 Å². The highest BCUT2D eigenvalue weighted by Crippen LogP contribution is 2.33. The van der Waals surface area contributed by atoms with Crippen molar-refractivity contribution in [2.45, 2.75) is 140 Å². The normalized spacial score (nSPS) is 11.0. The maximum absolute atomic E-state index is 5.95. The molecular weight excluding hydrogens is 1570 g/mol. The fraction of sp³-hybridized carbons (Fsp3) is 0.240. The van der Waals surface area contributed by atoms with Crippen LogP contribution in [0.2, 0.25) is 5.02 Å². The molecule has 20 nitrogen and oxygen atoms in total. The summed E-state index contributed by atoms with van der Waals surface area (Å²) in [5.74, 6) is 5.02. The van der Waals surface area contributed by atoms with Crippen molar-refractivity contribution < 1.29 is 4.74 Å². The molecule has 15 aromatic rings. The molecule has 1 atom stereocenters. The number of aromatic nitrogens is 11. The molecule has 0 amide bonds. The first kappa shape index (κ1) is 91.8. The second kappa shape index (κ2) is 45.2. The maximum atomic E-state index is 5.95. The fourth-order valence-corrected chi connectivity index (χ4v) is 14.5. The van der Waals surface area contributed by atoms with Gasteiger partial charge in [-0.3, -0.25) is 4.98 Å². The van der Waals surface area contributed by atoms with E-state index < -0.39 is 0 Å². The summed E-state index contributed by atoms with van der Waals surface area (Å²) in [4.78, 5) is 48.2. The summed E-state index contributed by atoms with van der Waals surface area (Å²) >= 11 is 5.93. The lowest BCUT2D eigenvalue weighted by atomic mass is 10.00. The van der Waals surface area contributed by atoms with Crippen molar-refractivity contribution in [3.8, 4) is 62.0 Å². The zero-order valence-corrected chi connectivity index (χ0v) is 74.9. The molecule has 9 aromatic carbocycles. The molecule has 0 spiro atoms. The molecule has 6 heterocycles. The highest BCUT2D eigenvalue weighted by molar-refractivity contribution is 6.30. The van der Waals surface area contributed by atoms with Gasteiger partial charge in [0.25, 0.3) is 0 Å². The summed E-state index contributed by atoms with van der Waals surface area (Å²) in [7, 11) is 1.69. The van der Waals surface area contributed by atoms with E-state index in [0.29, 0.717) is 17.8 Å². The molecule has 0 aliphatic rings. The SMILES string of the molecule is COc1ccccc1CCNc1cc(-c2cccc(C)c2C)nc(N)n1.Cc1ccc(CCNc2cc(-c3cccc(C)c3C)nc(N)n2)cc1.Cc1cccc(-c2cc(CCCc3ccc(Cl)cc3)nc(N)n2)c1C.Cc1cccc(-c2cc(CCCc3ccccn3)nc(N)n2)c1C.Cc1cccc(-c2cc(NCC(C)c3ccccc3)nc(N)n2)c1C. The van der Waals surface area contributed by atoms with E-state index in [1.165, 1.54) is 77.9 Å².